The maximum absolute atomic E-state index is 12.1. The summed E-state index contributed by atoms with van der Waals surface area (Å²) in [5.41, 5.74) is 4.31. The summed E-state index contributed by atoms with van der Waals surface area (Å²) < 4.78 is 10.7. The van der Waals surface area contributed by atoms with Gasteiger partial charge >= 0.3 is 5.97 Å². The zero-order chi connectivity index (χ0) is 21.0. The Labute approximate surface area is 171 Å². The fourth-order valence-electron chi connectivity index (χ4n) is 3.65. The van der Waals surface area contributed by atoms with Gasteiger partial charge in [-0.15, -0.1) is 0 Å². The molecule has 1 heterocycles. The van der Waals surface area contributed by atoms with E-state index in [2.05, 4.69) is 10.1 Å². The van der Waals surface area contributed by atoms with Crippen molar-refractivity contribution in [3.8, 4) is 5.75 Å². The summed E-state index contributed by atoms with van der Waals surface area (Å²) in [5.74, 6) is 0.444. The second kappa shape index (κ2) is 8.64. The zero-order valence-electron chi connectivity index (χ0n) is 17.5. The first-order valence-corrected chi connectivity index (χ1v) is 9.92. The highest BCUT2D eigenvalue weighted by Crippen LogP contribution is 2.38. The van der Waals surface area contributed by atoms with Gasteiger partial charge in [0.15, 0.2) is 0 Å². The van der Waals surface area contributed by atoms with Crippen LogP contribution in [0.25, 0.3) is 0 Å². The van der Waals surface area contributed by atoms with Crippen LogP contribution in [0.15, 0.2) is 41.6 Å². The van der Waals surface area contributed by atoms with Crippen molar-refractivity contribution in [1.29, 1.82) is 0 Å². The number of methoxy groups -OCH3 is 1. The summed E-state index contributed by atoms with van der Waals surface area (Å²) in [5, 5.41) is 3.11. The molecule has 154 valence electrons. The number of ether oxygens (including phenoxy) is 2. The average molecular weight is 396 g/mol. The van der Waals surface area contributed by atoms with Crippen molar-refractivity contribution >= 4 is 17.3 Å². The van der Waals surface area contributed by atoms with E-state index in [1.165, 1.54) is 12.7 Å². The minimum absolute atomic E-state index is 0.313. The maximum atomic E-state index is 12.1. The summed E-state index contributed by atoms with van der Waals surface area (Å²) in [6, 6.07) is 11.8. The number of aryl methyl sites for hydroxylation is 1. The maximum Gasteiger partial charge on any atom is 0.338 e. The van der Waals surface area contributed by atoms with Crippen LogP contribution in [0.1, 0.15) is 48.2 Å². The minimum Gasteiger partial charge on any atom is -0.494 e. The Bertz CT molecular complexity index is 890. The van der Waals surface area contributed by atoms with Crippen molar-refractivity contribution in [2.45, 2.75) is 45.6 Å². The predicted molar refractivity (Wildman–Crippen MR) is 114 cm³/mol. The lowest BCUT2D eigenvalue weighted by atomic mass is 9.94. The molecule has 2 aromatic rings. The van der Waals surface area contributed by atoms with Gasteiger partial charge in [-0.1, -0.05) is 11.2 Å². The fraction of sp³-hybridized carbons (Fsp3) is 0.435. The van der Waals surface area contributed by atoms with Gasteiger partial charge in [-0.3, -0.25) is 0 Å². The summed E-state index contributed by atoms with van der Waals surface area (Å²) in [6.07, 6.45) is 2.61. The van der Waals surface area contributed by atoms with Gasteiger partial charge < -0.3 is 14.4 Å². The Morgan fingerprint density at radius 1 is 1.17 bits per heavy atom. The first-order valence-electron chi connectivity index (χ1n) is 9.92. The molecule has 0 N–H and O–H groups in total. The third-order valence-electron chi connectivity index (χ3n) is 5.40. The normalized spacial score (nSPS) is 13.6. The second-order valence-corrected chi connectivity index (χ2v) is 7.99. The number of fused-ring (bicyclic) bond motifs is 1. The van der Waals surface area contributed by atoms with E-state index in [4.69, 9.17) is 9.47 Å². The molecule has 0 unspecified atom stereocenters. The van der Waals surface area contributed by atoms with Gasteiger partial charge in [-0.2, -0.15) is 4.91 Å². The highest BCUT2D eigenvalue weighted by Gasteiger charge is 2.24. The quantitative estimate of drug-likeness (QED) is 0.476. The molecule has 0 aliphatic carbocycles. The van der Waals surface area contributed by atoms with E-state index in [9.17, 15) is 9.70 Å². The van der Waals surface area contributed by atoms with Gasteiger partial charge in [-0.05, 0) is 75.1 Å². The van der Waals surface area contributed by atoms with E-state index in [1.807, 2.05) is 43.3 Å². The molecule has 0 fully saturated rings. The van der Waals surface area contributed by atoms with Crippen molar-refractivity contribution in [3.05, 3.63) is 58.0 Å². The number of carbonyl (C=O) groups excluding carboxylic acids is 1. The van der Waals surface area contributed by atoms with Gasteiger partial charge in [0.05, 0.1) is 19.3 Å². The van der Waals surface area contributed by atoms with Crippen LogP contribution in [0.2, 0.25) is 0 Å². The van der Waals surface area contributed by atoms with E-state index >= 15 is 0 Å². The highest BCUT2D eigenvalue weighted by molar-refractivity contribution is 5.94. The van der Waals surface area contributed by atoms with Crippen LogP contribution < -0.4 is 9.64 Å². The lowest BCUT2D eigenvalue weighted by Crippen LogP contribution is -2.26. The van der Waals surface area contributed by atoms with Gasteiger partial charge in [0.1, 0.15) is 11.3 Å². The van der Waals surface area contributed by atoms with Crippen molar-refractivity contribution in [3.63, 3.8) is 0 Å². The number of nitroso groups, excluding NO2 is 1. The largest absolute Gasteiger partial charge is 0.494 e. The zero-order valence-corrected chi connectivity index (χ0v) is 17.5. The second-order valence-electron chi connectivity index (χ2n) is 7.99. The molecule has 0 aromatic heterocycles. The van der Waals surface area contributed by atoms with E-state index in [0.29, 0.717) is 18.6 Å². The van der Waals surface area contributed by atoms with E-state index in [0.717, 1.165) is 42.1 Å². The Hall–Kier alpha value is -2.89. The molecule has 0 bridgehead atoms. The molecule has 6 nitrogen and oxygen atoms in total. The number of carbonyl (C=O) groups is 1. The number of esters is 1. The Morgan fingerprint density at radius 2 is 1.90 bits per heavy atom. The molecule has 0 radical (unpaired) electrons. The molecular formula is C23H28N2O4. The van der Waals surface area contributed by atoms with Gasteiger partial charge in [0, 0.05) is 24.3 Å². The molecule has 0 spiro atoms. The van der Waals surface area contributed by atoms with E-state index in [1.54, 1.807) is 13.8 Å². The molecule has 0 saturated heterocycles. The highest BCUT2D eigenvalue weighted by atomic mass is 16.5. The van der Waals surface area contributed by atoms with Crippen LogP contribution >= 0.6 is 0 Å². The van der Waals surface area contributed by atoms with Crippen molar-refractivity contribution in [2.24, 2.45) is 5.18 Å². The number of nitrogens with zero attached hydrogens (tertiary/aromatic N) is 2. The topological polar surface area (TPSA) is 68.2 Å². The van der Waals surface area contributed by atoms with Crippen molar-refractivity contribution in [2.75, 3.05) is 25.2 Å². The number of hydrogen-bond donors (Lipinski definition) is 0. The smallest absolute Gasteiger partial charge is 0.338 e. The van der Waals surface area contributed by atoms with Crippen LogP contribution in [0.4, 0.5) is 11.4 Å². The molecule has 1 aliphatic rings. The van der Waals surface area contributed by atoms with Crippen molar-refractivity contribution < 1.29 is 14.3 Å². The number of rotatable bonds is 7. The van der Waals surface area contributed by atoms with Gasteiger partial charge in [0.25, 0.3) is 0 Å². The standard InChI is InChI=1S/C23H28N2O4/c1-16-20(22(26)28-4)12-7-17-6-5-14-25(21(16)17)18-8-10-19(11-9-18)29-15-13-23(2,3)24-27/h7-12H,5-6,13-15H2,1-4H3. The molecule has 2 aromatic carbocycles. The fourth-order valence-corrected chi connectivity index (χ4v) is 3.65. The molecule has 29 heavy (non-hydrogen) atoms. The van der Waals surface area contributed by atoms with E-state index < -0.39 is 5.54 Å². The summed E-state index contributed by atoms with van der Waals surface area (Å²) >= 11 is 0. The van der Waals surface area contributed by atoms with Crippen molar-refractivity contribution in [1.82, 2.24) is 0 Å². The average Bonchev–Trinajstić information content (AvgIpc) is 2.73. The Morgan fingerprint density at radius 3 is 2.55 bits per heavy atom. The van der Waals surface area contributed by atoms with Gasteiger partial charge in [-0.25, -0.2) is 4.79 Å². The minimum atomic E-state index is -0.619. The first-order chi connectivity index (χ1) is 13.9. The number of benzene rings is 2. The summed E-state index contributed by atoms with van der Waals surface area (Å²) in [7, 11) is 1.41. The molecule has 3 rings (SSSR count). The Balaban J connectivity index is 1.80. The lowest BCUT2D eigenvalue weighted by Gasteiger charge is -2.33. The van der Waals surface area contributed by atoms with Gasteiger partial charge in [0.2, 0.25) is 0 Å². The third-order valence-corrected chi connectivity index (χ3v) is 5.40. The van der Waals surface area contributed by atoms with E-state index in [-0.39, 0.29) is 5.97 Å². The third kappa shape index (κ3) is 4.58. The van der Waals surface area contributed by atoms with Crippen LogP contribution in [-0.4, -0.2) is 31.8 Å². The van der Waals surface area contributed by atoms with Crippen LogP contribution in [-0.2, 0) is 11.2 Å². The number of hydrogen-bond acceptors (Lipinski definition) is 6. The predicted octanol–water partition coefficient (Wildman–Crippen LogP) is 5.18. The van der Waals surface area contributed by atoms with Crippen LogP contribution in [0.3, 0.4) is 0 Å². The molecule has 0 saturated carbocycles. The van der Waals surface area contributed by atoms with Crippen LogP contribution in [0, 0.1) is 11.8 Å². The SMILES string of the molecule is COC(=O)c1ccc2c(c1C)N(c1ccc(OCCC(C)(C)N=O)cc1)CCC2. The Kier molecular flexibility index (Phi) is 6.20. The van der Waals surface area contributed by atoms with Crippen LogP contribution in [0.5, 0.6) is 5.75 Å². The molecule has 0 atom stereocenters. The molecule has 6 heteroatoms. The molecular weight excluding hydrogens is 368 g/mol. The lowest BCUT2D eigenvalue weighted by molar-refractivity contribution is 0.0600. The first kappa shape index (κ1) is 20.8. The molecule has 1 aliphatic heterocycles. The summed E-state index contributed by atoms with van der Waals surface area (Å²) in [4.78, 5) is 25.1. The summed E-state index contributed by atoms with van der Waals surface area (Å²) in [6.45, 7) is 6.89. The molecule has 0 amide bonds. The number of anilines is 2. The monoisotopic (exact) mass is 396 g/mol.